The van der Waals surface area contributed by atoms with Crippen LogP contribution < -0.4 is 0 Å². The van der Waals surface area contributed by atoms with Gasteiger partial charge in [0.05, 0.1) is 5.69 Å². The lowest BCUT2D eigenvalue weighted by Gasteiger charge is -1.94. The number of aromatic nitrogens is 2. The molecule has 1 aromatic heterocycles. The van der Waals surface area contributed by atoms with Crippen LogP contribution in [-0.2, 0) is 0 Å². The molecule has 0 atom stereocenters. The highest BCUT2D eigenvalue weighted by atomic mass is 35.5. The van der Waals surface area contributed by atoms with Crippen LogP contribution in [0.15, 0.2) is 30.5 Å². The smallest absolute Gasteiger partial charge is 0.1000 e. The summed E-state index contributed by atoms with van der Waals surface area (Å²) in [6.45, 7) is 0. The van der Waals surface area contributed by atoms with Gasteiger partial charge in [-0.05, 0) is 12.1 Å². The number of benzene rings is 1. The number of hydrogen-bond acceptors (Lipinski definition) is 1. The zero-order valence-electron chi connectivity index (χ0n) is 6.21. The molecule has 12 heavy (non-hydrogen) atoms. The Morgan fingerprint density at radius 2 is 2.00 bits per heavy atom. The molecule has 0 aliphatic carbocycles. The second-order valence-corrected chi connectivity index (χ2v) is 2.82. The van der Waals surface area contributed by atoms with Gasteiger partial charge in [0.25, 0.3) is 0 Å². The van der Waals surface area contributed by atoms with Crippen molar-refractivity contribution >= 4 is 11.6 Å². The van der Waals surface area contributed by atoms with E-state index < -0.39 is 0 Å². The maximum Gasteiger partial charge on any atom is 0.1000 e. The van der Waals surface area contributed by atoms with E-state index in [-0.39, 0.29) is 0 Å². The maximum atomic E-state index is 5.73. The van der Waals surface area contributed by atoms with Gasteiger partial charge < -0.3 is 0 Å². The summed E-state index contributed by atoms with van der Waals surface area (Å²) in [6.07, 6.45) is 1.67. The molecule has 0 bridgehead atoms. The fraction of sp³-hybridized carbons (Fsp3) is 0. The number of nitrogens with zero attached hydrogens (tertiary/aromatic N) is 1. The Morgan fingerprint density at radius 1 is 1.25 bits per heavy atom. The standard InChI is InChI=1S/C9H6ClN2/c10-8-3-1-7(2-4-8)9-5-6-11-12-9/h1-4,6H,(H,11,12). The Kier molecular flexibility index (Phi) is 1.84. The van der Waals surface area contributed by atoms with Gasteiger partial charge >= 0.3 is 0 Å². The number of aromatic amines is 1. The number of nitrogens with one attached hydrogen (secondary N) is 1. The van der Waals surface area contributed by atoms with Gasteiger partial charge in [-0.25, -0.2) is 0 Å². The van der Waals surface area contributed by atoms with E-state index in [4.69, 9.17) is 11.6 Å². The molecule has 2 rings (SSSR count). The molecule has 2 aromatic rings. The Morgan fingerprint density at radius 3 is 2.58 bits per heavy atom. The largest absolute Gasteiger partial charge is 0.284 e. The summed E-state index contributed by atoms with van der Waals surface area (Å²) in [4.78, 5) is 0. The average Bonchev–Trinajstić information content (AvgIpc) is 2.58. The van der Waals surface area contributed by atoms with Gasteiger partial charge in [0.1, 0.15) is 0 Å². The quantitative estimate of drug-likeness (QED) is 0.713. The highest BCUT2D eigenvalue weighted by Gasteiger charge is 1.98. The van der Waals surface area contributed by atoms with E-state index in [1.807, 2.05) is 24.3 Å². The minimum absolute atomic E-state index is 0.731. The van der Waals surface area contributed by atoms with Crippen LogP contribution in [0.1, 0.15) is 0 Å². The van der Waals surface area contributed by atoms with Crippen molar-refractivity contribution in [2.45, 2.75) is 0 Å². The minimum atomic E-state index is 0.731. The highest BCUT2D eigenvalue weighted by molar-refractivity contribution is 6.30. The topological polar surface area (TPSA) is 28.7 Å². The van der Waals surface area contributed by atoms with E-state index in [2.05, 4.69) is 16.3 Å². The van der Waals surface area contributed by atoms with Crippen LogP contribution in [0.25, 0.3) is 11.3 Å². The van der Waals surface area contributed by atoms with E-state index in [9.17, 15) is 0 Å². The molecule has 0 saturated carbocycles. The molecule has 1 aromatic carbocycles. The average molecular weight is 178 g/mol. The van der Waals surface area contributed by atoms with Gasteiger partial charge in [-0.15, -0.1) is 0 Å². The molecule has 0 aliphatic rings. The van der Waals surface area contributed by atoms with E-state index in [0.717, 1.165) is 16.3 Å². The van der Waals surface area contributed by atoms with E-state index >= 15 is 0 Å². The maximum absolute atomic E-state index is 5.73. The van der Waals surface area contributed by atoms with Gasteiger partial charge in [-0.3, -0.25) is 5.10 Å². The van der Waals surface area contributed by atoms with Gasteiger partial charge in [-0.1, -0.05) is 23.7 Å². The molecule has 0 fully saturated rings. The molecule has 59 valence electrons. The molecule has 1 N–H and O–H groups in total. The molecule has 0 spiro atoms. The zero-order chi connectivity index (χ0) is 8.39. The molecule has 0 aliphatic heterocycles. The Bertz CT molecular complexity index is 351. The van der Waals surface area contributed by atoms with Crippen molar-refractivity contribution < 1.29 is 0 Å². The first-order chi connectivity index (χ1) is 5.86. The molecule has 3 heteroatoms. The second kappa shape index (κ2) is 2.99. The highest BCUT2D eigenvalue weighted by Crippen LogP contribution is 2.17. The van der Waals surface area contributed by atoms with Crippen LogP contribution in [0.5, 0.6) is 0 Å². The van der Waals surface area contributed by atoms with Gasteiger partial charge in [0.15, 0.2) is 0 Å². The number of hydrogen-bond donors (Lipinski definition) is 1. The second-order valence-electron chi connectivity index (χ2n) is 2.39. The van der Waals surface area contributed by atoms with Crippen molar-refractivity contribution in [1.82, 2.24) is 10.2 Å². The third-order valence-electron chi connectivity index (χ3n) is 1.57. The number of rotatable bonds is 1. The molecule has 1 radical (unpaired) electrons. The van der Waals surface area contributed by atoms with Gasteiger partial charge in [-0.2, -0.15) is 5.10 Å². The monoisotopic (exact) mass is 177 g/mol. The minimum Gasteiger partial charge on any atom is -0.284 e. The molecular formula is C9H6ClN2. The Balaban J connectivity index is 2.43. The van der Waals surface area contributed by atoms with Crippen molar-refractivity contribution in [3.8, 4) is 11.3 Å². The van der Waals surface area contributed by atoms with Crippen LogP contribution in [-0.4, -0.2) is 10.2 Å². The summed E-state index contributed by atoms with van der Waals surface area (Å²) < 4.78 is 0. The zero-order valence-corrected chi connectivity index (χ0v) is 6.97. The SMILES string of the molecule is Clc1ccc(-c2[c]c[nH]n2)cc1. The third-order valence-corrected chi connectivity index (χ3v) is 1.82. The molecular weight excluding hydrogens is 172 g/mol. The summed E-state index contributed by atoms with van der Waals surface area (Å²) in [5.74, 6) is 0. The van der Waals surface area contributed by atoms with E-state index in [1.165, 1.54) is 0 Å². The van der Waals surface area contributed by atoms with Crippen LogP contribution >= 0.6 is 11.6 Å². The van der Waals surface area contributed by atoms with Crippen LogP contribution in [0.4, 0.5) is 0 Å². The number of halogens is 1. The molecule has 1 heterocycles. The van der Waals surface area contributed by atoms with E-state index in [1.54, 1.807) is 6.20 Å². The molecule has 0 saturated heterocycles. The first kappa shape index (κ1) is 7.37. The van der Waals surface area contributed by atoms with Crippen LogP contribution in [0.2, 0.25) is 5.02 Å². The van der Waals surface area contributed by atoms with Gasteiger partial charge in [0, 0.05) is 22.8 Å². The summed E-state index contributed by atoms with van der Waals surface area (Å²) >= 11 is 5.73. The fourth-order valence-corrected chi connectivity index (χ4v) is 1.11. The lowest BCUT2D eigenvalue weighted by molar-refractivity contribution is 1.10. The lowest BCUT2D eigenvalue weighted by Crippen LogP contribution is -1.76. The molecule has 0 amide bonds. The predicted molar refractivity (Wildman–Crippen MR) is 47.9 cm³/mol. The van der Waals surface area contributed by atoms with Gasteiger partial charge in [0.2, 0.25) is 0 Å². The van der Waals surface area contributed by atoms with Crippen molar-refractivity contribution in [2.75, 3.05) is 0 Å². The summed E-state index contributed by atoms with van der Waals surface area (Å²) in [7, 11) is 0. The first-order valence-electron chi connectivity index (χ1n) is 3.53. The third kappa shape index (κ3) is 1.34. The van der Waals surface area contributed by atoms with E-state index in [0.29, 0.717) is 0 Å². The number of H-pyrrole nitrogens is 1. The van der Waals surface area contributed by atoms with Crippen LogP contribution in [0, 0.1) is 6.07 Å². The predicted octanol–water partition coefficient (Wildman–Crippen LogP) is 2.53. The van der Waals surface area contributed by atoms with Crippen molar-refractivity contribution in [1.29, 1.82) is 0 Å². The molecule has 0 unspecified atom stereocenters. The lowest BCUT2D eigenvalue weighted by atomic mass is 10.2. The first-order valence-corrected chi connectivity index (χ1v) is 3.91. The summed E-state index contributed by atoms with van der Waals surface area (Å²) in [6, 6.07) is 10.5. The summed E-state index contributed by atoms with van der Waals surface area (Å²) in [5.41, 5.74) is 1.83. The fourth-order valence-electron chi connectivity index (χ4n) is 0.985. The van der Waals surface area contributed by atoms with Crippen molar-refractivity contribution in [2.24, 2.45) is 0 Å². The Hall–Kier alpha value is -1.28. The Labute approximate surface area is 75.2 Å². The molecule has 2 nitrogen and oxygen atoms in total. The van der Waals surface area contributed by atoms with Crippen LogP contribution in [0.3, 0.4) is 0 Å². The normalized spacial score (nSPS) is 10.1. The van der Waals surface area contributed by atoms with Crippen molar-refractivity contribution in [3.63, 3.8) is 0 Å². The van der Waals surface area contributed by atoms with Crippen molar-refractivity contribution in [3.05, 3.63) is 41.6 Å². The summed E-state index contributed by atoms with van der Waals surface area (Å²) in [5, 5.41) is 7.43.